The fourth-order valence-corrected chi connectivity index (χ4v) is 0. The van der Waals surface area contributed by atoms with Crippen LogP contribution in [0.3, 0.4) is 0 Å². The van der Waals surface area contributed by atoms with E-state index in [1.165, 1.54) is 0 Å². The van der Waals surface area contributed by atoms with Gasteiger partial charge in [-0.1, -0.05) is 19.7 Å². The standard InChI is InChI=1S/C4H11BS/c1-3(5)4(2)6/h3-4,6H,5H2,1-2H3. The van der Waals surface area contributed by atoms with Crippen LogP contribution in [0.5, 0.6) is 0 Å². The molecule has 2 heteroatoms. The molecular weight excluding hydrogens is 90.9 g/mol. The van der Waals surface area contributed by atoms with E-state index in [9.17, 15) is 0 Å². The largest absolute Gasteiger partial charge is 0.177 e. The summed E-state index contributed by atoms with van der Waals surface area (Å²) in [5, 5.41) is 0.546. The Hall–Kier alpha value is 0.415. The molecule has 0 aromatic carbocycles. The summed E-state index contributed by atoms with van der Waals surface area (Å²) in [5.74, 6) is 0.716. The molecule has 0 rings (SSSR count). The molecule has 0 saturated heterocycles. The zero-order valence-electron chi connectivity index (χ0n) is 4.60. The minimum atomic E-state index is 0.546. The van der Waals surface area contributed by atoms with Crippen LogP contribution in [-0.2, 0) is 0 Å². The van der Waals surface area contributed by atoms with Gasteiger partial charge >= 0.3 is 0 Å². The smallest absolute Gasteiger partial charge is 0.106 e. The number of thiol groups is 1. The van der Waals surface area contributed by atoms with Gasteiger partial charge in [0.1, 0.15) is 7.85 Å². The van der Waals surface area contributed by atoms with Crippen molar-refractivity contribution >= 4 is 20.5 Å². The van der Waals surface area contributed by atoms with Gasteiger partial charge in [-0.05, 0) is 5.25 Å². The van der Waals surface area contributed by atoms with Crippen molar-refractivity contribution in [2.45, 2.75) is 24.9 Å². The Bertz CT molecular complexity index is 28.5. The van der Waals surface area contributed by atoms with Crippen molar-refractivity contribution in [3.63, 3.8) is 0 Å². The zero-order valence-corrected chi connectivity index (χ0v) is 5.50. The highest BCUT2D eigenvalue weighted by Gasteiger charge is 1.97. The van der Waals surface area contributed by atoms with Crippen LogP contribution in [0.15, 0.2) is 0 Å². The van der Waals surface area contributed by atoms with E-state index >= 15 is 0 Å². The van der Waals surface area contributed by atoms with E-state index in [0.29, 0.717) is 11.1 Å². The molecule has 2 atom stereocenters. The minimum absolute atomic E-state index is 0.546. The maximum atomic E-state index is 4.19. The van der Waals surface area contributed by atoms with Gasteiger partial charge in [0, 0.05) is 0 Å². The highest BCUT2D eigenvalue weighted by molar-refractivity contribution is 7.81. The molecule has 36 valence electrons. The van der Waals surface area contributed by atoms with E-state index in [2.05, 4.69) is 34.3 Å². The second-order valence-corrected chi connectivity index (χ2v) is 2.80. The van der Waals surface area contributed by atoms with E-state index in [1.54, 1.807) is 0 Å². The molecule has 0 spiro atoms. The molecule has 0 nitrogen and oxygen atoms in total. The molecule has 0 bridgehead atoms. The van der Waals surface area contributed by atoms with Crippen molar-refractivity contribution < 1.29 is 0 Å². The summed E-state index contributed by atoms with van der Waals surface area (Å²) in [4.78, 5) is 0. The number of hydrogen-bond acceptors (Lipinski definition) is 1. The second-order valence-electron chi connectivity index (χ2n) is 1.98. The molecule has 0 aromatic heterocycles. The third kappa shape index (κ3) is 2.64. The molecular formula is C4H11BS. The normalized spacial score (nSPS) is 19.8. The average molecular weight is 102 g/mol. The predicted octanol–water partition coefficient (Wildman–Crippen LogP) is 0.746. The van der Waals surface area contributed by atoms with Crippen LogP contribution in [-0.4, -0.2) is 13.1 Å². The lowest BCUT2D eigenvalue weighted by atomic mass is 9.87. The molecule has 0 radical (unpaired) electrons. The van der Waals surface area contributed by atoms with Crippen molar-refractivity contribution in [1.82, 2.24) is 0 Å². The molecule has 0 N–H and O–H groups in total. The van der Waals surface area contributed by atoms with Gasteiger partial charge in [0.05, 0.1) is 0 Å². The Morgan fingerprint density at radius 1 is 1.50 bits per heavy atom. The molecule has 0 aliphatic rings. The average Bonchev–Trinajstić information content (AvgIpc) is 1.36. The zero-order chi connectivity index (χ0) is 5.15. The maximum Gasteiger partial charge on any atom is 0.106 e. The Morgan fingerprint density at radius 2 is 1.67 bits per heavy atom. The topological polar surface area (TPSA) is 0 Å². The van der Waals surface area contributed by atoms with Gasteiger partial charge in [-0.2, -0.15) is 12.6 Å². The van der Waals surface area contributed by atoms with Crippen LogP contribution < -0.4 is 0 Å². The fourth-order valence-electron chi connectivity index (χ4n) is 0. The van der Waals surface area contributed by atoms with Crippen molar-refractivity contribution in [3.8, 4) is 0 Å². The second kappa shape index (κ2) is 2.56. The quantitative estimate of drug-likeness (QED) is 0.366. The van der Waals surface area contributed by atoms with E-state index < -0.39 is 0 Å². The molecule has 0 aliphatic carbocycles. The van der Waals surface area contributed by atoms with Crippen LogP contribution in [0.4, 0.5) is 0 Å². The first kappa shape index (κ1) is 6.41. The van der Waals surface area contributed by atoms with Crippen molar-refractivity contribution in [2.75, 3.05) is 0 Å². The molecule has 0 fully saturated rings. The highest BCUT2D eigenvalue weighted by Crippen LogP contribution is 2.08. The Balaban J connectivity index is 2.99. The van der Waals surface area contributed by atoms with Gasteiger partial charge in [-0.3, -0.25) is 0 Å². The van der Waals surface area contributed by atoms with E-state index in [0.717, 1.165) is 0 Å². The molecule has 6 heavy (non-hydrogen) atoms. The molecule has 2 unspecified atom stereocenters. The summed E-state index contributed by atoms with van der Waals surface area (Å²) in [6.07, 6.45) is 0. The van der Waals surface area contributed by atoms with E-state index in [1.807, 2.05) is 0 Å². The maximum absolute atomic E-state index is 4.19. The molecule has 0 heterocycles. The van der Waals surface area contributed by atoms with Crippen LogP contribution in [0, 0.1) is 0 Å². The Kier molecular flexibility index (Phi) is 2.74. The fraction of sp³-hybridized carbons (Fsp3) is 1.00. The first-order valence-electron chi connectivity index (χ1n) is 2.32. The molecule has 0 aliphatic heterocycles. The molecule has 0 saturated carbocycles. The summed E-state index contributed by atoms with van der Waals surface area (Å²) in [6, 6.07) is 0. The molecule has 0 amide bonds. The lowest BCUT2D eigenvalue weighted by Crippen LogP contribution is -1.97. The highest BCUT2D eigenvalue weighted by atomic mass is 32.1. The third-order valence-electron chi connectivity index (χ3n) is 0.965. The van der Waals surface area contributed by atoms with E-state index in [-0.39, 0.29) is 0 Å². The van der Waals surface area contributed by atoms with Gasteiger partial charge in [-0.15, -0.1) is 0 Å². The molecule has 0 aromatic rings. The van der Waals surface area contributed by atoms with Crippen molar-refractivity contribution in [1.29, 1.82) is 0 Å². The minimum Gasteiger partial charge on any atom is -0.177 e. The first-order chi connectivity index (χ1) is 2.64. The van der Waals surface area contributed by atoms with Crippen LogP contribution in [0.1, 0.15) is 13.8 Å². The number of rotatable bonds is 1. The lowest BCUT2D eigenvalue weighted by Gasteiger charge is -2.04. The van der Waals surface area contributed by atoms with Crippen LogP contribution >= 0.6 is 12.6 Å². The summed E-state index contributed by atoms with van der Waals surface area (Å²) in [6.45, 7) is 4.27. The van der Waals surface area contributed by atoms with Crippen LogP contribution in [0.2, 0.25) is 5.82 Å². The van der Waals surface area contributed by atoms with Gasteiger partial charge in [-0.25, -0.2) is 0 Å². The van der Waals surface area contributed by atoms with Gasteiger partial charge < -0.3 is 0 Å². The van der Waals surface area contributed by atoms with E-state index in [4.69, 9.17) is 0 Å². The Morgan fingerprint density at radius 3 is 1.67 bits per heavy atom. The summed E-state index contributed by atoms with van der Waals surface area (Å²) >= 11 is 4.19. The van der Waals surface area contributed by atoms with Crippen molar-refractivity contribution in [3.05, 3.63) is 0 Å². The first-order valence-corrected chi connectivity index (χ1v) is 2.84. The monoisotopic (exact) mass is 102 g/mol. The SMILES string of the molecule is BC(C)C(C)S. The Labute approximate surface area is 46.1 Å². The number of hydrogen-bond donors (Lipinski definition) is 1. The summed E-state index contributed by atoms with van der Waals surface area (Å²) in [5.41, 5.74) is 0. The van der Waals surface area contributed by atoms with Gasteiger partial charge in [0.15, 0.2) is 0 Å². The third-order valence-corrected chi connectivity index (χ3v) is 1.56. The van der Waals surface area contributed by atoms with Crippen LogP contribution in [0.25, 0.3) is 0 Å². The predicted molar refractivity (Wildman–Crippen MR) is 36.4 cm³/mol. The lowest BCUT2D eigenvalue weighted by molar-refractivity contribution is 0.907. The summed E-state index contributed by atoms with van der Waals surface area (Å²) in [7, 11) is 2.16. The van der Waals surface area contributed by atoms with Gasteiger partial charge in [0.25, 0.3) is 0 Å². The van der Waals surface area contributed by atoms with Gasteiger partial charge in [0.2, 0.25) is 0 Å². The summed E-state index contributed by atoms with van der Waals surface area (Å²) < 4.78 is 0. The van der Waals surface area contributed by atoms with Crippen molar-refractivity contribution in [2.24, 2.45) is 0 Å².